The van der Waals surface area contributed by atoms with Gasteiger partial charge in [-0.1, -0.05) is 0 Å². The Bertz CT molecular complexity index is 765. The molecule has 0 heterocycles. The molecular formula is C19H19NO5. The average molecular weight is 341 g/mol. The SMILES string of the molecule is CCOc1ccc(C(=O)C(C)OC(=O)c2ccc(C(N)=O)cc2)cc1. The van der Waals surface area contributed by atoms with Gasteiger partial charge >= 0.3 is 5.97 Å². The number of hydrogen-bond donors (Lipinski definition) is 1. The van der Waals surface area contributed by atoms with Crippen molar-refractivity contribution in [1.29, 1.82) is 0 Å². The van der Waals surface area contributed by atoms with E-state index in [9.17, 15) is 14.4 Å². The van der Waals surface area contributed by atoms with Gasteiger partial charge in [-0.2, -0.15) is 0 Å². The van der Waals surface area contributed by atoms with Gasteiger partial charge in [-0.3, -0.25) is 9.59 Å². The zero-order chi connectivity index (χ0) is 18.4. The smallest absolute Gasteiger partial charge is 0.338 e. The van der Waals surface area contributed by atoms with Crippen molar-refractivity contribution in [2.45, 2.75) is 20.0 Å². The van der Waals surface area contributed by atoms with Crippen molar-refractivity contribution in [3.05, 3.63) is 65.2 Å². The van der Waals surface area contributed by atoms with Gasteiger partial charge < -0.3 is 15.2 Å². The van der Waals surface area contributed by atoms with Crippen LogP contribution in [-0.4, -0.2) is 30.4 Å². The summed E-state index contributed by atoms with van der Waals surface area (Å²) in [5, 5.41) is 0. The number of nitrogens with two attached hydrogens (primary N) is 1. The third kappa shape index (κ3) is 4.67. The number of amides is 1. The van der Waals surface area contributed by atoms with Crippen LogP contribution in [0, 0.1) is 0 Å². The Balaban J connectivity index is 2.02. The van der Waals surface area contributed by atoms with Crippen molar-refractivity contribution in [1.82, 2.24) is 0 Å². The molecule has 0 aliphatic rings. The van der Waals surface area contributed by atoms with Crippen LogP contribution in [0.25, 0.3) is 0 Å². The Morgan fingerprint density at radius 1 is 0.920 bits per heavy atom. The average Bonchev–Trinajstić information content (AvgIpc) is 2.62. The van der Waals surface area contributed by atoms with Gasteiger partial charge in [0.15, 0.2) is 6.10 Å². The third-order valence-corrected chi connectivity index (χ3v) is 3.51. The molecule has 0 aliphatic heterocycles. The normalized spacial score (nSPS) is 11.4. The molecule has 2 aromatic rings. The minimum Gasteiger partial charge on any atom is -0.494 e. The van der Waals surface area contributed by atoms with Gasteiger partial charge in [-0.25, -0.2) is 4.79 Å². The molecule has 6 nitrogen and oxygen atoms in total. The van der Waals surface area contributed by atoms with Gasteiger partial charge in [-0.05, 0) is 62.4 Å². The first-order valence-electron chi connectivity index (χ1n) is 7.80. The van der Waals surface area contributed by atoms with Gasteiger partial charge in [0.2, 0.25) is 11.7 Å². The predicted molar refractivity (Wildman–Crippen MR) is 91.8 cm³/mol. The van der Waals surface area contributed by atoms with E-state index in [0.29, 0.717) is 17.9 Å². The first kappa shape index (κ1) is 18.2. The second kappa shape index (κ2) is 8.10. The van der Waals surface area contributed by atoms with E-state index in [4.69, 9.17) is 15.2 Å². The lowest BCUT2D eigenvalue weighted by Crippen LogP contribution is -2.24. The molecule has 6 heteroatoms. The van der Waals surface area contributed by atoms with Crippen molar-refractivity contribution >= 4 is 17.7 Å². The highest BCUT2D eigenvalue weighted by Gasteiger charge is 2.20. The molecule has 2 rings (SSSR count). The summed E-state index contributed by atoms with van der Waals surface area (Å²) in [6, 6.07) is 12.3. The molecule has 0 saturated heterocycles. The van der Waals surface area contributed by atoms with E-state index in [0.717, 1.165) is 0 Å². The summed E-state index contributed by atoms with van der Waals surface area (Å²) in [5.74, 6) is -0.884. The molecular weight excluding hydrogens is 322 g/mol. The van der Waals surface area contributed by atoms with Crippen LogP contribution in [0.4, 0.5) is 0 Å². The Morgan fingerprint density at radius 2 is 1.44 bits per heavy atom. The van der Waals surface area contributed by atoms with Crippen LogP contribution in [0.3, 0.4) is 0 Å². The molecule has 25 heavy (non-hydrogen) atoms. The van der Waals surface area contributed by atoms with E-state index in [1.54, 1.807) is 24.3 Å². The number of primary amides is 1. The Morgan fingerprint density at radius 3 is 1.96 bits per heavy atom. The van der Waals surface area contributed by atoms with Gasteiger partial charge in [0.25, 0.3) is 0 Å². The van der Waals surface area contributed by atoms with E-state index >= 15 is 0 Å². The summed E-state index contributed by atoms with van der Waals surface area (Å²) in [5.41, 5.74) is 6.09. The summed E-state index contributed by atoms with van der Waals surface area (Å²) in [4.78, 5) is 35.5. The zero-order valence-corrected chi connectivity index (χ0v) is 14.0. The van der Waals surface area contributed by atoms with Crippen LogP contribution in [0.1, 0.15) is 44.9 Å². The van der Waals surface area contributed by atoms with Gasteiger partial charge in [0.1, 0.15) is 5.75 Å². The second-order valence-corrected chi connectivity index (χ2v) is 5.31. The summed E-state index contributed by atoms with van der Waals surface area (Å²) in [7, 11) is 0. The number of hydrogen-bond acceptors (Lipinski definition) is 5. The number of rotatable bonds is 7. The Labute approximate surface area is 145 Å². The molecule has 0 fully saturated rings. The van der Waals surface area contributed by atoms with Crippen LogP contribution in [0.15, 0.2) is 48.5 Å². The van der Waals surface area contributed by atoms with E-state index in [1.165, 1.54) is 31.2 Å². The molecule has 1 unspecified atom stereocenters. The standard InChI is InChI=1S/C19H19NO5/c1-3-24-16-10-8-13(9-11-16)17(21)12(2)25-19(23)15-6-4-14(5-7-15)18(20)22/h4-12H,3H2,1-2H3,(H2,20,22). The fourth-order valence-corrected chi connectivity index (χ4v) is 2.17. The minimum atomic E-state index is -0.943. The predicted octanol–water partition coefficient (Wildman–Crippen LogP) is 2.61. The highest BCUT2D eigenvalue weighted by molar-refractivity contribution is 6.01. The number of esters is 1. The lowest BCUT2D eigenvalue weighted by atomic mass is 10.1. The molecule has 0 aliphatic carbocycles. The van der Waals surface area contributed by atoms with E-state index in [2.05, 4.69) is 0 Å². The van der Waals surface area contributed by atoms with Crippen molar-refractivity contribution < 1.29 is 23.9 Å². The molecule has 0 aromatic heterocycles. The van der Waals surface area contributed by atoms with Gasteiger partial charge in [0, 0.05) is 11.1 Å². The fraction of sp³-hybridized carbons (Fsp3) is 0.211. The van der Waals surface area contributed by atoms with Crippen molar-refractivity contribution in [3.8, 4) is 5.75 Å². The van der Waals surface area contributed by atoms with Crippen LogP contribution in [0.5, 0.6) is 5.75 Å². The fourth-order valence-electron chi connectivity index (χ4n) is 2.17. The summed E-state index contributed by atoms with van der Waals surface area (Å²) < 4.78 is 10.5. The van der Waals surface area contributed by atoms with Crippen molar-refractivity contribution in [2.24, 2.45) is 5.73 Å². The molecule has 0 bridgehead atoms. The highest BCUT2D eigenvalue weighted by atomic mass is 16.5. The second-order valence-electron chi connectivity index (χ2n) is 5.31. The van der Waals surface area contributed by atoms with Crippen molar-refractivity contribution in [3.63, 3.8) is 0 Å². The molecule has 130 valence electrons. The van der Waals surface area contributed by atoms with Gasteiger partial charge in [0.05, 0.1) is 12.2 Å². The third-order valence-electron chi connectivity index (χ3n) is 3.51. The van der Waals surface area contributed by atoms with Crippen LogP contribution in [0.2, 0.25) is 0 Å². The number of Topliss-reactive ketones (excluding diaryl/α,β-unsaturated/α-hetero) is 1. The molecule has 2 N–H and O–H groups in total. The maximum absolute atomic E-state index is 12.3. The Kier molecular flexibility index (Phi) is 5.89. The Hall–Kier alpha value is -3.15. The monoisotopic (exact) mass is 341 g/mol. The summed E-state index contributed by atoms with van der Waals surface area (Å²) in [6.07, 6.45) is -0.943. The van der Waals surface area contributed by atoms with E-state index < -0.39 is 18.0 Å². The summed E-state index contributed by atoms with van der Waals surface area (Å²) >= 11 is 0. The number of carbonyl (C=O) groups is 3. The molecule has 1 atom stereocenters. The molecule has 0 spiro atoms. The number of benzene rings is 2. The minimum absolute atomic E-state index is 0.233. The highest BCUT2D eigenvalue weighted by Crippen LogP contribution is 2.15. The maximum atomic E-state index is 12.3. The largest absolute Gasteiger partial charge is 0.494 e. The number of carbonyl (C=O) groups excluding carboxylic acids is 3. The lowest BCUT2D eigenvalue weighted by molar-refractivity contribution is 0.0318. The van der Waals surface area contributed by atoms with Gasteiger partial charge in [-0.15, -0.1) is 0 Å². The first-order chi connectivity index (χ1) is 11.9. The van der Waals surface area contributed by atoms with E-state index in [-0.39, 0.29) is 16.9 Å². The summed E-state index contributed by atoms with van der Waals surface area (Å²) in [6.45, 7) is 3.92. The molecule has 2 aromatic carbocycles. The number of ketones is 1. The molecule has 0 radical (unpaired) electrons. The van der Waals surface area contributed by atoms with Crippen LogP contribution in [-0.2, 0) is 4.74 Å². The topological polar surface area (TPSA) is 95.7 Å². The maximum Gasteiger partial charge on any atom is 0.338 e. The quantitative estimate of drug-likeness (QED) is 0.617. The molecule has 1 amide bonds. The number of ether oxygens (including phenoxy) is 2. The lowest BCUT2D eigenvalue weighted by Gasteiger charge is -2.13. The van der Waals surface area contributed by atoms with E-state index in [1.807, 2.05) is 6.92 Å². The van der Waals surface area contributed by atoms with Crippen molar-refractivity contribution in [2.75, 3.05) is 6.61 Å². The first-order valence-corrected chi connectivity index (χ1v) is 7.80. The molecule has 0 saturated carbocycles. The van der Waals surface area contributed by atoms with Crippen LogP contribution >= 0.6 is 0 Å². The zero-order valence-electron chi connectivity index (χ0n) is 14.0. The van der Waals surface area contributed by atoms with Crippen LogP contribution < -0.4 is 10.5 Å².